The van der Waals surface area contributed by atoms with Crippen LogP contribution in [0, 0.1) is 6.92 Å². The van der Waals surface area contributed by atoms with Gasteiger partial charge in [0, 0.05) is 11.3 Å². The first kappa shape index (κ1) is 14.8. The number of hydrogen-bond donors (Lipinski definition) is 1. The molecule has 2 N–H and O–H groups in total. The molecular formula is C17H18N2O2S. The molecule has 5 heteroatoms. The maximum Gasteiger partial charge on any atom is 0.349 e. The van der Waals surface area contributed by atoms with Gasteiger partial charge in [0.15, 0.2) is 5.89 Å². The van der Waals surface area contributed by atoms with Gasteiger partial charge >= 0.3 is 5.63 Å². The van der Waals surface area contributed by atoms with Crippen molar-refractivity contribution in [3.8, 4) is 0 Å². The number of aromatic nitrogens is 1. The van der Waals surface area contributed by atoms with Crippen LogP contribution in [0.25, 0.3) is 10.2 Å². The van der Waals surface area contributed by atoms with Gasteiger partial charge in [-0.05, 0) is 31.7 Å². The van der Waals surface area contributed by atoms with E-state index in [1.54, 1.807) is 0 Å². The largest absolute Gasteiger partial charge is 0.408 e. The predicted molar refractivity (Wildman–Crippen MR) is 90.4 cm³/mol. The molecule has 0 aliphatic carbocycles. The van der Waals surface area contributed by atoms with Crippen LogP contribution < -0.4 is 11.4 Å². The Morgan fingerprint density at radius 2 is 1.91 bits per heavy atom. The molecule has 114 valence electrons. The molecule has 2 heterocycles. The molecule has 1 aromatic carbocycles. The molecule has 2 aromatic heterocycles. The van der Waals surface area contributed by atoms with Crippen LogP contribution in [0.3, 0.4) is 0 Å². The minimum Gasteiger partial charge on any atom is -0.408 e. The highest BCUT2D eigenvalue weighted by atomic mass is 32.1. The van der Waals surface area contributed by atoms with E-state index in [2.05, 4.69) is 17.1 Å². The smallest absolute Gasteiger partial charge is 0.349 e. The van der Waals surface area contributed by atoms with Gasteiger partial charge in [0.25, 0.3) is 0 Å². The molecule has 0 saturated carbocycles. The van der Waals surface area contributed by atoms with Crippen molar-refractivity contribution < 1.29 is 4.42 Å². The molecule has 3 aromatic rings. The second kappa shape index (κ2) is 6.32. The van der Waals surface area contributed by atoms with Crippen LogP contribution in [0.15, 0.2) is 39.5 Å². The van der Waals surface area contributed by atoms with E-state index < -0.39 is 0 Å². The third kappa shape index (κ3) is 3.04. The lowest BCUT2D eigenvalue weighted by molar-refractivity contribution is 0.437. The Bertz CT molecular complexity index is 837. The summed E-state index contributed by atoms with van der Waals surface area (Å²) in [5, 5.41) is 0.426. The van der Waals surface area contributed by atoms with Crippen molar-refractivity contribution in [3.05, 3.63) is 57.1 Å². The van der Waals surface area contributed by atoms with Crippen LogP contribution in [0.4, 0.5) is 5.69 Å². The van der Waals surface area contributed by atoms with Crippen molar-refractivity contribution in [1.82, 2.24) is 4.98 Å². The topological polar surface area (TPSA) is 69.1 Å². The number of rotatable bonds is 5. The highest BCUT2D eigenvalue weighted by molar-refractivity contribution is 7.19. The molecule has 0 radical (unpaired) electrons. The van der Waals surface area contributed by atoms with E-state index in [0.29, 0.717) is 28.2 Å². The van der Waals surface area contributed by atoms with E-state index in [-0.39, 0.29) is 5.63 Å². The van der Waals surface area contributed by atoms with Gasteiger partial charge in [0.2, 0.25) is 0 Å². The summed E-state index contributed by atoms with van der Waals surface area (Å²) in [6.45, 7) is 1.89. The molecule has 0 aliphatic rings. The number of anilines is 1. The zero-order valence-corrected chi connectivity index (χ0v) is 13.3. The summed E-state index contributed by atoms with van der Waals surface area (Å²) in [7, 11) is 0. The number of thiophene rings is 1. The Kier molecular flexibility index (Phi) is 4.24. The summed E-state index contributed by atoms with van der Waals surface area (Å²) in [5.74, 6) is 0.506. The highest BCUT2D eigenvalue weighted by Gasteiger charge is 2.14. The van der Waals surface area contributed by atoms with Gasteiger partial charge in [-0.3, -0.25) is 0 Å². The molecule has 0 bridgehead atoms. The molecule has 0 saturated heterocycles. The maximum atomic E-state index is 12.0. The monoisotopic (exact) mass is 314 g/mol. The van der Waals surface area contributed by atoms with E-state index >= 15 is 0 Å². The van der Waals surface area contributed by atoms with E-state index in [9.17, 15) is 4.79 Å². The summed E-state index contributed by atoms with van der Waals surface area (Å²) in [6.07, 6.45) is 3.68. The molecular weight excluding hydrogens is 296 g/mol. The van der Waals surface area contributed by atoms with Crippen LogP contribution in [-0.2, 0) is 12.8 Å². The Morgan fingerprint density at radius 3 is 2.68 bits per heavy atom. The second-order valence-corrected chi connectivity index (χ2v) is 6.54. The van der Waals surface area contributed by atoms with Crippen LogP contribution >= 0.6 is 11.3 Å². The van der Waals surface area contributed by atoms with Gasteiger partial charge in [0.05, 0.1) is 5.69 Å². The van der Waals surface area contributed by atoms with Gasteiger partial charge in [-0.2, -0.15) is 0 Å². The zero-order valence-electron chi connectivity index (χ0n) is 12.5. The maximum absolute atomic E-state index is 12.0. The lowest BCUT2D eigenvalue weighted by atomic mass is 10.1. The van der Waals surface area contributed by atoms with Crippen LogP contribution in [0.1, 0.15) is 29.2 Å². The summed E-state index contributed by atoms with van der Waals surface area (Å²) in [4.78, 5) is 18.0. The van der Waals surface area contributed by atoms with Crippen molar-refractivity contribution in [3.63, 3.8) is 0 Å². The minimum absolute atomic E-state index is 0.370. The molecule has 0 atom stereocenters. The van der Waals surface area contributed by atoms with Gasteiger partial charge in [-0.25, -0.2) is 9.78 Å². The van der Waals surface area contributed by atoms with E-state index in [1.807, 2.05) is 25.1 Å². The van der Waals surface area contributed by atoms with Crippen LogP contribution in [-0.4, -0.2) is 4.98 Å². The van der Waals surface area contributed by atoms with E-state index in [1.165, 1.54) is 16.9 Å². The number of hydrogen-bond acceptors (Lipinski definition) is 5. The molecule has 0 amide bonds. The molecule has 0 unspecified atom stereocenters. The summed E-state index contributed by atoms with van der Waals surface area (Å²) in [6, 6.07) is 10.4. The summed E-state index contributed by atoms with van der Waals surface area (Å²) >= 11 is 1.45. The fourth-order valence-electron chi connectivity index (χ4n) is 2.47. The molecule has 0 aliphatic heterocycles. The third-order valence-electron chi connectivity index (χ3n) is 3.70. The lowest BCUT2D eigenvalue weighted by Crippen LogP contribution is -2.05. The van der Waals surface area contributed by atoms with Gasteiger partial charge in [0.1, 0.15) is 10.2 Å². The number of aryl methyl sites for hydroxylation is 3. The average Bonchev–Trinajstić information content (AvgIpc) is 2.80. The normalized spacial score (nSPS) is 11.1. The Hall–Kier alpha value is -2.14. The van der Waals surface area contributed by atoms with Crippen molar-refractivity contribution in [1.29, 1.82) is 0 Å². The summed E-state index contributed by atoms with van der Waals surface area (Å²) < 4.78 is 5.30. The number of fused-ring (bicyclic) bond motifs is 1. The van der Waals surface area contributed by atoms with Crippen molar-refractivity contribution in [2.24, 2.45) is 0 Å². The quantitative estimate of drug-likeness (QED) is 0.729. The first-order valence-corrected chi connectivity index (χ1v) is 8.19. The zero-order chi connectivity index (χ0) is 15.5. The number of nitrogens with zero attached hydrogens (tertiary/aromatic N) is 1. The molecule has 0 fully saturated rings. The molecule has 0 spiro atoms. The number of unbranched alkanes of at least 4 members (excludes halogenated alkanes) is 1. The van der Waals surface area contributed by atoms with Gasteiger partial charge < -0.3 is 10.2 Å². The Labute approximate surface area is 132 Å². The van der Waals surface area contributed by atoms with Crippen molar-refractivity contribution in [2.45, 2.75) is 32.6 Å². The minimum atomic E-state index is -0.370. The lowest BCUT2D eigenvalue weighted by Gasteiger charge is -2.01. The van der Waals surface area contributed by atoms with E-state index in [4.69, 9.17) is 10.2 Å². The summed E-state index contributed by atoms with van der Waals surface area (Å²) in [5.41, 5.74) is 7.34. The first-order valence-electron chi connectivity index (χ1n) is 7.37. The fraction of sp³-hybridized carbons (Fsp3) is 0.294. The van der Waals surface area contributed by atoms with Gasteiger partial charge in [-0.15, -0.1) is 11.3 Å². The SMILES string of the molecule is Cc1sc2nc(CCCCc3ccccc3)oc(=O)c2c1N. The average molecular weight is 314 g/mol. The second-order valence-electron chi connectivity index (χ2n) is 5.34. The third-order valence-corrected chi connectivity index (χ3v) is 4.72. The molecule has 4 nitrogen and oxygen atoms in total. The highest BCUT2D eigenvalue weighted by Crippen LogP contribution is 2.29. The van der Waals surface area contributed by atoms with Crippen LogP contribution in [0.2, 0.25) is 0 Å². The number of nitrogen functional groups attached to an aromatic ring is 1. The van der Waals surface area contributed by atoms with Crippen LogP contribution in [0.5, 0.6) is 0 Å². The standard InChI is InChI=1S/C17H18N2O2S/c1-11-15(18)14-16(22-11)19-13(21-17(14)20)10-6-5-9-12-7-3-2-4-8-12/h2-4,7-8H,5-6,9-10,18H2,1H3. The van der Waals surface area contributed by atoms with Crippen molar-refractivity contribution >= 4 is 27.2 Å². The van der Waals surface area contributed by atoms with E-state index in [0.717, 1.165) is 24.1 Å². The predicted octanol–water partition coefficient (Wildman–Crippen LogP) is 3.71. The number of benzene rings is 1. The van der Waals surface area contributed by atoms with Gasteiger partial charge in [-0.1, -0.05) is 30.3 Å². The molecule has 3 rings (SSSR count). The number of nitrogens with two attached hydrogens (primary N) is 1. The fourth-order valence-corrected chi connectivity index (χ4v) is 3.41. The Morgan fingerprint density at radius 1 is 1.18 bits per heavy atom. The van der Waals surface area contributed by atoms with Crippen molar-refractivity contribution in [2.75, 3.05) is 5.73 Å². The Balaban J connectivity index is 1.66. The first-order chi connectivity index (χ1) is 10.6. The molecule has 22 heavy (non-hydrogen) atoms.